The summed E-state index contributed by atoms with van der Waals surface area (Å²) in [6.07, 6.45) is -3.60. The van der Waals surface area contributed by atoms with Crippen LogP contribution < -0.4 is 5.32 Å². The summed E-state index contributed by atoms with van der Waals surface area (Å²) in [5.74, 6) is -3.50. The van der Waals surface area contributed by atoms with Crippen LogP contribution in [0.4, 0.5) is 13.2 Å². The molecular weight excluding hydrogens is 237 g/mol. The van der Waals surface area contributed by atoms with Crippen molar-refractivity contribution in [2.45, 2.75) is 32.0 Å². The standard InChI is InChI=1S/C10H15F3N2O2/c1-6(10(11,12)13)9(17)15-5-3-4-7(15)8(16)14-2/h6-7H,3-5H2,1-2H3,(H,14,16). The summed E-state index contributed by atoms with van der Waals surface area (Å²) in [5, 5.41) is 2.36. The van der Waals surface area contributed by atoms with Gasteiger partial charge in [0.25, 0.3) is 0 Å². The Labute approximate surface area is 97.1 Å². The molecule has 0 aromatic carbocycles. The normalized spacial score (nSPS) is 22.4. The van der Waals surface area contributed by atoms with Crippen LogP contribution >= 0.6 is 0 Å². The Morgan fingerprint density at radius 2 is 2.00 bits per heavy atom. The lowest BCUT2D eigenvalue weighted by molar-refractivity contribution is -0.186. The molecular formula is C10H15F3N2O2. The molecule has 1 aliphatic rings. The highest BCUT2D eigenvalue weighted by Crippen LogP contribution is 2.30. The Morgan fingerprint density at radius 1 is 1.41 bits per heavy atom. The number of likely N-dealkylation sites (tertiary alicyclic amines) is 1. The van der Waals surface area contributed by atoms with E-state index in [9.17, 15) is 22.8 Å². The molecule has 0 radical (unpaired) electrons. The summed E-state index contributed by atoms with van der Waals surface area (Å²) < 4.78 is 37.2. The van der Waals surface area contributed by atoms with Crippen LogP contribution in [0, 0.1) is 5.92 Å². The number of carbonyl (C=O) groups excluding carboxylic acids is 2. The van der Waals surface area contributed by atoms with Gasteiger partial charge in [0.15, 0.2) is 0 Å². The van der Waals surface area contributed by atoms with Gasteiger partial charge in [-0.3, -0.25) is 9.59 Å². The topological polar surface area (TPSA) is 49.4 Å². The van der Waals surface area contributed by atoms with Gasteiger partial charge in [-0.25, -0.2) is 0 Å². The van der Waals surface area contributed by atoms with Crippen LogP contribution in [0.3, 0.4) is 0 Å². The fourth-order valence-corrected chi connectivity index (χ4v) is 1.86. The lowest BCUT2D eigenvalue weighted by Gasteiger charge is -2.27. The van der Waals surface area contributed by atoms with Gasteiger partial charge < -0.3 is 10.2 Å². The molecule has 2 amide bonds. The number of halogens is 3. The summed E-state index contributed by atoms with van der Waals surface area (Å²) in [6, 6.07) is -0.766. The van der Waals surface area contributed by atoms with E-state index in [0.717, 1.165) is 11.8 Å². The van der Waals surface area contributed by atoms with Crippen molar-refractivity contribution in [3.05, 3.63) is 0 Å². The fraction of sp³-hybridized carbons (Fsp3) is 0.800. The molecule has 1 heterocycles. The molecule has 0 bridgehead atoms. The lowest BCUT2D eigenvalue weighted by atomic mass is 10.1. The Kier molecular flexibility index (Phi) is 4.00. The first-order chi connectivity index (χ1) is 7.79. The van der Waals surface area contributed by atoms with E-state index in [1.807, 2.05) is 0 Å². The first kappa shape index (κ1) is 13.8. The molecule has 0 aromatic heterocycles. The van der Waals surface area contributed by atoms with E-state index in [4.69, 9.17) is 0 Å². The zero-order valence-corrected chi connectivity index (χ0v) is 9.67. The smallest absolute Gasteiger partial charge is 0.357 e. The highest BCUT2D eigenvalue weighted by molar-refractivity contribution is 5.89. The summed E-state index contributed by atoms with van der Waals surface area (Å²) in [6.45, 7) is 1.03. The maximum Gasteiger partial charge on any atom is 0.400 e. The SMILES string of the molecule is CNC(=O)C1CCCN1C(=O)C(C)C(F)(F)F. The van der Waals surface area contributed by atoms with Crippen molar-refractivity contribution in [2.75, 3.05) is 13.6 Å². The first-order valence-electron chi connectivity index (χ1n) is 5.37. The average molecular weight is 252 g/mol. The van der Waals surface area contributed by atoms with Gasteiger partial charge in [-0.1, -0.05) is 0 Å². The number of alkyl halides is 3. The molecule has 0 aromatic rings. The second kappa shape index (κ2) is 4.93. The lowest BCUT2D eigenvalue weighted by Crippen LogP contribution is -2.48. The predicted molar refractivity (Wildman–Crippen MR) is 54.0 cm³/mol. The van der Waals surface area contributed by atoms with Crippen LogP contribution in [-0.2, 0) is 9.59 Å². The molecule has 17 heavy (non-hydrogen) atoms. The number of nitrogens with zero attached hydrogens (tertiary/aromatic N) is 1. The highest BCUT2D eigenvalue weighted by Gasteiger charge is 2.46. The Balaban J connectivity index is 2.78. The Bertz CT molecular complexity index is 317. The molecule has 2 unspecified atom stereocenters. The van der Waals surface area contributed by atoms with Crippen molar-refractivity contribution in [1.29, 1.82) is 0 Å². The minimum absolute atomic E-state index is 0.206. The van der Waals surface area contributed by atoms with Crippen LogP contribution in [0.2, 0.25) is 0 Å². The Hall–Kier alpha value is -1.27. The van der Waals surface area contributed by atoms with E-state index in [1.165, 1.54) is 7.05 Å². The monoisotopic (exact) mass is 252 g/mol. The van der Waals surface area contributed by atoms with E-state index in [0.29, 0.717) is 12.8 Å². The van der Waals surface area contributed by atoms with E-state index in [1.54, 1.807) is 0 Å². The average Bonchev–Trinajstić information content (AvgIpc) is 2.73. The van der Waals surface area contributed by atoms with Crippen LogP contribution in [0.25, 0.3) is 0 Å². The third-order valence-electron chi connectivity index (χ3n) is 2.95. The molecule has 1 saturated heterocycles. The molecule has 7 heteroatoms. The molecule has 1 rings (SSSR count). The van der Waals surface area contributed by atoms with E-state index >= 15 is 0 Å². The number of hydrogen-bond acceptors (Lipinski definition) is 2. The van der Waals surface area contributed by atoms with Crippen LogP contribution in [-0.4, -0.2) is 42.5 Å². The van der Waals surface area contributed by atoms with Crippen molar-refractivity contribution in [3.8, 4) is 0 Å². The van der Waals surface area contributed by atoms with Crippen molar-refractivity contribution >= 4 is 11.8 Å². The summed E-state index contributed by atoms with van der Waals surface area (Å²) in [4.78, 5) is 24.1. The molecule has 0 saturated carbocycles. The van der Waals surface area contributed by atoms with Gasteiger partial charge in [-0.2, -0.15) is 13.2 Å². The van der Waals surface area contributed by atoms with Gasteiger partial charge in [0.2, 0.25) is 11.8 Å². The second-order valence-corrected chi connectivity index (χ2v) is 4.07. The zero-order valence-electron chi connectivity index (χ0n) is 9.67. The van der Waals surface area contributed by atoms with Crippen LogP contribution in [0.15, 0.2) is 0 Å². The largest absolute Gasteiger partial charge is 0.400 e. The van der Waals surface area contributed by atoms with Crippen LogP contribution in [0.1, 0.15) is 19.8 Å². The Morgan fingerprint density at radius 3 is 2.47 bits per heavy atom. The minimum Gasteiger partial charge on any atom is -0.357 e. The van der Waals surface area contributed by atoms with Crippen molar-refractivity contribution in [1.82, 2.24) is 10.2 Å². The molecule has 0 spiro atoms. The van der Waals surface area contributed by atoms with Gasteiger partial charge in [0.1, 0.15) is 12.0 Å². The predicted octanol–water partition coefficient (Wildman–Crippen LogP) is 0.922. The van der Waals surface area contributed by atoms with Crippen molar-refractivity contribution in [2.24, 2.45) is 5.92 Å². The summed E-state index contributed by atoms with van der Waals surface area (Å²) in [5.41, 5.74) is 0. The molecule has 2 atom stereocenters. The minimum atomic E-state index is -4.56. The van der Waals surface area contributed by atoms with E-state index < -0.39 is 30.0 Å². The van der Waals surface area contributed by atoms with Gasteiger partial charge in [-0.15, -0.1) is 0 Å². The maximum atomic E-state index is 12.4. The van der Waals surface area contributed by atoms with Crippen molar-refractivity contribution < 1.29 is 22.8 Å². The third-order valence-corrected chi connectivity index (χ3v) is 2.95. The highest BCUT2D eigenvalue weighted by atomic mass is 19.4. The van der Waals surface area contributed by atoms with Crippen molar-refractivity contribution in [3.63, 3.8) is 0 Å². The van der Waals surface area contributed by atoms with Gasteiger partial charge >= 0.3 is 6.18 Å². The number of carbonyl (C=O) groups is 2. The quantitative estimate of drug-likeness (QED) is 0.794. The molecule has 98 valence electrons. The first-order valence-corrected chi connectivity index (χ1v) is 5.37. The number of likely N-dealkylation sites (N-methyl/N-ethyl adjacent to an activating group) is 1. The number of hydrogen-bond donors (Lipinski definition) is 1. The summed E-state index contributed by atoms with van der Waals surface area (Å²) in [7, 11) is 1.40. The third kappa shape index (κ3) is 2.89. The molecule has 0 aliphatic carbocycles. The van der Waals surface area contributed by atoms with Gasteiger partial charge in [0.05, 0.1) is 0 Å². The number of rotatable bonds is 2. The number of amides is 2. The second-order valence-electron chi connectivity index (χ2n) is 4.07. The zero-order chi connectivity index (χ0) is 13.2. The van der Waals surface area contributed by atoms with Crippen LogP contribution in [0.5, 0.6) is 0 Å². The molecule has 1 N–H and O–H groups in total. The molecule has 1 aliphatic heterocycles. The maximum absolute atomic E-state index is 12.4. The van der Waals surface area contributed by atoms with Gasteiger partial charge in [0, 0.05) is 13.6 Å². The summed E-state index contributed by atoms with van der Waals surface area (Å²) >= 11 is 0. The van der Waals surface area contributed by atoms with E-state index in [2.05, 4.69) is 5.32 Å². The fourth-order valence-electron chi connectivity index (χ4n) is 1.86. The molecule has 1 fully saturated rings. The number of nitrogens with one attached hydrogen (secondary N) is 1. The van der Waals surface area contributed by atoms with E-state index in [-0.39, 0.29) is 6.54 Å². The van der Waals surface area contributed by atoms with Gasteiger partial charge in [-0.05, 0) is 19.8 Å². The molecule has 4 nitrogen and oxygen atoms in total.